The molecule has 3 rings (SSSR count). The number of nitrogens with zero attached hydrogens (tertiary/aromatic N) is 2. The Bertz CT molecular complexity index is 877. The number of aryl methyl sites for hydroxylation is 1. The number of aromatic amines is 1. The highest BCUT2D eigenvalue weighted by Crippen LogP contribution is 2.21. The largest absolute Gasteiger partial charge is 0.480 e. The molecule has 0 bridgehead atoms. The van der Waals surface area contributed by atoms with Crippen molar-refractivity contribution in [1.29, 1.82) is 0 Å². The minimum Gasteiger partial charge on any atom is -0.480 e. The number of thioether (sulfide) groups is 1. The lowest BCUT2D eigenvalue weighted by Crippen LogP contribution is -2.55. The fourth-order valence-electron chi connectivity index (χ4n) is 3.61. The van der Waals surface area contributed by atoms with Crippen molar-refractivity contribution in [1.82, 2.24) is 20.2 Å². The second-order valence-electron chi connectivity index (χ2n) is 7.43. The van der Waals surface area contributed by atoms with Crippen LogP contribution in [0.5, 0.6) is 0 Å². The van der Waals surface area contributed by atoms with Crippen LogP contribution in [0, 0.1) is 0 Å². The average Bonchev–Trinajstić information content (AvgIpc) is 3.21. The Morgan fingerprint density at radius 2 is 2.03 bits per heavy atom. The van der Waals surface area contributed by atoms with Crippen LogP contribution in [0.25, 0.3) is 0 Å². The minimum absolute atomic E-state index is 0.322. The quantitative estimate of drug-likeness (QED) is 0.425. The minimum atomic E-state index is -1.11. The van der Waals surface area contributed by atoms with Crippen LogP contribution in [0.3, 0.4) is 0 Å². The number of carbonyl (C=O) groups is 3. The Labute approximate surface area is 184 Å². The highest BCUT2D eigenvalue weighted by molar-refractivity contribution is 7.99. The van der Waals surface area contributed by atoms with Gasteiger partial charge in [-0.25, -0.2) is 4.98 Å². The molecule has 1 aromatic carbocycles. The number of H-pyrrole nitrogens is 1. The lowest BCUT2D eigenvalue weighted by atomic mass is 10.0. The van der Waals surface area contributed by atoms with Gasteiger partial charge in [-0.1, -0.05) is 30.3 Å². The zero-order valence-corrected chi connectivity index (χ0v) is 17.8. The number of rotatable bonds is 10. The molecule has 0 spiro atoms. The maximum Gasteiger partial charge on any atom is 0.323 e. The second kappa shape index (κ2) is 11.0. The third-order valence-electron chi connectivity index (χ3n) is 5.17. The summed E-state index contributed by atoms with van der Waals surface area (Å²) in [6, 6.07) is 7.51. The van der Waals surface area contributed by atoms with Gasteiger partial charge < -0.3 is 20.1 Å². The summed E-state index contributed by atoms with van der Waals surface area (Å²) >= 11 is 1.50. The number of carbonyl (C=O) groups excluding carboxylic acids is 1. The van der Waals surface area contributed by atoms with E-state index in [1.54, 1.807) is 12.4 Å². The molecule has 1 saturated heterocycles. The summed E-state index contributed by atoms with van der Waals surface area (Å²) in [5.74, 6) is -0.947. The molecule has 166 valence electrons. The van der Waals surface area contributed by atoms with Crippen LogP contribution in [0.1, 0.15) is 17.8 Å². The number of imidazole rings is 1. The number of benzene rings is 1. The summed E-state index contributed by atoms with van der Waals surface area (Å²) in [6.45, 7) is -0.440. The lowest BCUT2D eigenvalue weighted by molar-refractivity contribution is -0.147. The van der Waals surface area contributed by atoms with Gasteiger partial charge >= 0.3 is 11.9 Å². The van der Waals surface area contributed by atoms with Crippen LogP contribution in [0.15, 0.2) is 42.7 Å². The molecule has 31 heavy (non-hydrogen) atoms. The number of carboxylic acids is 2. The molecule has 10 heteroatoms. The van der Waals surface area contributed by atoms with Gasteiger partial charge in [0.1, 0.15) is 18.4 Å². The van der Waals surface area contributed by atoms with E-state index in [2.05, 4.69) is 15.3 Å². The van der Waals surface area contributed by atoms with E-state index in [-0.39, 0.29) is 6.04 Å². The number of aliphatic carboxylic acids is 2. The van der Waals surface area contributed by atoms with E-state index in [0.29, 0.717) is 36.6 Å². The Kier molecular flexibility index (Phi) is 8.07. The number of nitrogens with one attached hydrogen (secondary N) is 2. The normalized spacial score (nSPS) is 20.3. The zero-order chi connectivity index (χ0) is 22.2. The van der Waals surface area contributed by atoms with Crippen LogP contribution < -0.4 is 5.32 Å². The maximum atomic E-state index is 13.2. The SMILES string of the molecule is O=C(O)CN1C(=O)C(NC(CCc2ccccc2)C(=O)O)CSCC1Cc1ncc[nH]1. The zero-order valence-electron chi connectivity index (χ0n) is 16.9. The number of aromatic nitrogens is 2. The average molecular weight is 447 g/mol. The standard InChI is InChI=1S/C21H26N4O5S/c26-19(27)11-25-15(10-18-22-8-9-23-18)12-31-13-17(20(25)28)24-16(21(29)30)7-6-14-4-2-1-3-5-14/h1-5,8-9,15-17,24H,6-7,10-13H2,(H,22,23)(H,26,27)(H,29,30). The van der Waals surface area contributed by atoms with Crippen molar-refractivity contribution in [2.45, 2.75) is 37.4 Å². The van der Waals surface area contributed by atoms with E-state index in [4.69, 9.17) is 0 Å². The molecule has 0 radical (unpaired) electrons. The van der Waals surface area contributed by atoms with E-state index in [1.807, 2.05) is 30.3 Å². The van der Waals surface area contributed by atoms with Gasteiger partial charge in [-0.15, -0.1) is 0 Å². The number of hydrogen-bond donors (Lipinski definition) is 4. The first-order valence-corrected chi connectivity index (χ1v) is 11.2. The number of hydrogen-bond acceptors (Lipinski definition) is 6. The predicted octanol–water partition coefficient (Wildman–Crippen LogP) is 1.03. The Hall–Kier alpha value is -2.85. The Balaban J connectivity index is 1.70. The summed E-state index contributed by atoms with van der Waals surface area (Å²) < 4.78 is 0. The molecule has 3 atom stereocenters. The van der Waals surface area contributed by atoms with Crippen molar-refractivity contribution < 1.29 is 24.6 Å². The van der Waals surface area contributed by atoms with Gasteiger partial charge in [-0.3, -0.25) is 19.7 Å². The Morgan fingerprint density at radius 3 is 2.68 bits per heavy atom. The molecule has 9 nitrogen and oxygen atoms in total. The van der Waals surface area contributed by atoms with E-state index < -0.39 is 36.5 Å². The second-order valence-corrected chi connectivity index (χ2v) is 8.50. The monoisotopic (exact) mass is 446 g/mol. The van der Waals surface area contributed by atoms with E-state index in [0.717, 1.165) is 5.56 Å². The first-order valence-electron chi connectivity index (χ1n) is 10.0. The van der Waals surface area contributed by atoms with Crippen LogP contribution in [-0.4, -0.2) is 79.1 Å². The summed E-state index contributed by atoms with van der Waals surface area (Å²) in [6.07, 6.45) is 4.57. The van der Waals surface area contributed by atoms with Gasteiger partial charge in [0, 0.05) is 36.4 Å². The van der Waals surface area contributed by atoms with E-state index in [1.165, 1.54) is 16.7 Å². The van der Waals surface area contributed by atoms with E-state index in [9.17, 15) is 24.6 Å². The van der Waals surface area contributed by atoms with Gasteiger partial charge in [0.25, 0.3) is 0 Å². The van der Waals surface area contributed by atoms with Gasteiger partial charge in [0.15, 0.2) is 0 Å². The molecule has 1 amide bonds. The van der Waals surface area contributed by atoms with Gasteiger partial charge in [-0.05, 0) is 18.4 Å². The van der Waals surface area contributed by atoms with Crippen LogP contribution in [-0.2, 0) is 27.2 Å². The molecule has 1 fully saturated rings. The summed E-state index contributed by atoms with van der Waals surface area (Å²) in [5, 5.41) is 22.0. The molecule has 2 heterocycles. The molecular weight excluding hydrogens is 420 g/mol. The summed E-state index contributed by atoms with van der Waals surface area (Å²) in [5.41, 5.74) is 1.02. The van der Waals surface area contributed by atoms with Gasteiger partial charge in [-0.2, -0.15) is 11.8 Å². The first-order chi connectivity index (χ1) is 14.9. The smallest absolute Gasteiger partial charge is 0.323 e. The molecule has 1 aliphatic rings. The highest BCUT2D eigenvalue weighted by atomic mass is 32.2. The van der Waals surface area contributed by atoms with Crippen molar-refractivity contribution in [3.8, 4) is 0 Å². The van der Waals surface area contributed by atoms with Crippen molar-refractivity contribution in [3.63, 3.8) is 0 Å². The molecule has 1 aromatic heterocycles. The molecular formula is C21H26N4O5S. The van der Waals surface area contributed by atoms with Crippen molar-refractivity contribution in [3.05, 3.63) is 54.1 Å². The van der Waals surface area contributed by atoms with Crippen LogP contribution >= 0.6 is 11.8 Å². The molecule has 0 saturated carbocycles. The molecule has 3 unspecified atom stereocenters. The van der Waals surface area contributed by atoms with Crippen LogP contribution in [0.4, 0.5) is 0 Å². The molecule has 1 aliphatic heterocycles. The number of amides is 1. The van der Waals surface area contributed by atoms with Crippen molar-refractivity contribution in [2.75, 3.05) is 18.1 Å². The van der Waals surface area contributed by atoms with Crippen LogP contribution in [0.2, 0.25) is 0 Å². The molecule has 0 aliphatic carbocycles. The third kappa shape index (κ3) is 6.56. The topological polar surface area (TPSA) is 136 Å². The predicted molar refractivity (Wildman–Crippen MR) is 116 cm³/mol. The Morgan fingerprint density at radius 1 is 1.26 bits per heavy atom. The van der Waals surface area contributed by atoms with Gasteiger partial charge in [0.05, 0.1) is 6.04 Å². The fraction of sp³-hybridized carbons (Fsp3) is 0.429. The highest BCUT2D eigenvalue weighted by Gasteiger charge is 2.36. The summed E-state index contributed by atoms with van der Waals surface area (Å²) in [4.78, 5) is 45.0. The maximum absolute atomic E-state index is 13.2. The van der Waals surface area contributed by atoms with Crippen molar-refractivity contribution >= 4 is 29.6 Å². The van der Waals surface area contributed by atoms with E-state index >= 15 is 0 Å². The molecule has 2 aromatic rings. The lowest BCUT2D eigenvalue weighted by Gasteiger charge is -2.30. The van der Waals surface area contributed by atoms with Gasteiger partial charge in [0.2, 0.25) is 5.91 Å². The third-order valence-corrected chi connectivity index (χ3v) is 6.36. The fourth-order valence-corrected chi connectivity index (χ4v) is 4.79. The first kappa shape index (κ1) is 22.8. The van der Waals surface area contributed by atoms with Crippen molar-refractivity contribution in [2.24, 2.45) is 0 Å². The molecule has 4 N–H and O–H groups in total. The summed E-state index contributed by atoms with van der Waals surface area (Å²) in [7, 11) is 0. The number of carboxylic acid groups (broad SMARTS) is 2.